The van der Waals surface area contributed by atoms with E-state index in [4.69, 9.17) is 0 Å². The average Bonchev–Trinajstić information content (AvgIpc) is 2.30. The summed E-state index contributed by atoms with van der Waals surface area (Å²) in [6.07, 6.45) is 1.68. The number of aromatic nitrogens is 2. The van der Waals surface area contributed by atoms with Crippen LogP contribution in [0.4, 0.5) is 5.69 Å². The topological polar surface area (TPSA) is 46.9 Å². The van der Waals surface area contributed by atoms with E-state index in [1.807, 2.05) is 11.6 Å². The van der Waals surface area contributed by atoms with Gasteiger partial charge in [-0.3, -0.25) is 9.48 Å². The highest BCUT2D eigenvalue weighted by molar-refractivity contribution is 5.89. The van der Waals surface area contributed by atoms with Gasteiger partial charge in [-0.05, 0) is 27.7 Å². The second-order valence-corrected chi connectivity index (χ2v) is 4.41. The standard InChI is InChI=1S/C10H17N3O/c1-7-9(12-8(2)14)6-11-13(7)10(3,4)5/h6H,1-5H3,(H,12,14). The molecule has 1 rings (SSSR count). The van der Waals surface area contributed by atoms with Gasteiger partial charge >= 0.3 is 0 Å². The van der Waals surface area contributed by atoms with Crippen LogP contribution in [-0.2, 0) is 10.3 Å². The Morgan fingerprint density at radius 2 is 2.07 bits per heavy atom. The van der Waals surface area contributed by atoms with Gasteiger partial charge in [0.25, 0.3) is 0 Å². The third-order valence-corrected chi connectivity index (χ3v) is 1.96. The molecular weight excluding hydrogens is 178 g/mol. The number of hydrogen-bond donors (Lipinski definition) is 1. The number of anilines is 1. The van der Waals surface area contributed by atoms with Crippen molar-refractivity contribution in [2.24, 2.45) is 0 Å². The highest BCUT2D eigenvalue weighted by Gasteiger charge is 2.18. The van der Waals surface area contributed by atoms with Crippen LogP contribution in [0.15, 0.2) is 6.20 Å². The second-order valence-electron chi connectivity index (χ2n) is 4.41. The highest BCUT2D eigenvalue weighted by atomic mass is 16.1. The first-order valence-corrected chi connectivity index (χ1v) is 4.65. The van der Waals surface area contributed by atoms with E-state index in [2.05, 4.69) is 31.2 Å². The summed E-state index contributed by atoms with van der Waals surface area (Å²) in [4.78, 5) is 10.9. The number of carbonyl (C=O) groups is 1. The first-order chi connectivity index (χ1) is 6.32. The van der Waals surface area contributed by atoms with Crippen LogP contribution in [0, 0.1) is 6.92 Å². The normalized spacial score (nSPS) is 11.5. The number of hydrogen-bond acceptors (Lipinski definition) is 2. The summed E-state index contributed by atoms with van der Waals surface area (Å²) in [5, 5.41) is 6.99. The predicted octanol–water partition coefficient (Wildman–Crippen LogP) is 1.90. The van der Waals surface area contributed by atoms with Crippen molar-refractivity contribution < 1.29 is 4.79 Å². The van der Waals surface area contributed by atoms with E-state index in [9.17, 15) is 4.79 Å². The van der Waals surface area contributed by atoms with E-state index in [0.29, 0.717) is 0 Å². The van der Waals surface area contributed by atoms with Gasteiger partial charge in [-0.1, -0.05) is 0 Å². The van der Waals surface area contributed by atoms with Crippen LogP contribution in [-0.4, -0.2) is 15.7 Å². The molecule has 14 heavy (non-hydrogen) atoms. The quantitative estimate of drug-likeness (QED) is 0.744. The number of nitrogens with zero attached hydrogens (tertiary/aromatic N) is 2. The van der Waals surface area contributed by atoms with Gasteiger partial charge in [0.05, 0.1) is 23.1 Å². The van der Waals surface area contributed by atoms with E-state index in [1.54, 1.807) is 6.20 Å². The number of amides is 1. The zero-order valence-electron chi connectivity index (χ0n) is 9.38. The number of carbonyl (C=O) groups excluding carboxylic acids is 1. The molecule has 0 radical (unpaired) electrons. The average molecular weight is 195 g/mol. The van der Waals surface area contributed by atoms with Crippen molar-refractivity contribution >= 4 is 11.6 Å². The Morgan fingerprint density at radius 1 is 1.50 bits per heavy atom. The zero-order valence-corrected chi connectivity index (χ0v) is 9.38. The van der Waals surface area contributed by atoms with Gasteiger partial charge in [-0.2, -0.15) is 5.10 Å². The van der Waals surface area contributed by atoms with Gasteiger partial charge in [0.1, 0.15) is 0 Å². The van der Waals surface area contributed by atoms with Crippen LogP contribution < -0.4 is 5.32 Å². The van der Waals surface area contributed by atoms with Crippen molar-refractivity contribution in [2.45, 2.75) is 40.2 Å². The molecule has 0 spiro atoms. The predicted molar refractivity (Wildman–Crippen MR) is 56.3 cm³/mol. The number of rotatable bonds is 1. The summed E-state index contributed by atoms with van der Waals surface area (Å²) < 4.78 is 1.90. The lowest BCUT2D eigenvalue weighted by molar-refractivity contribution is -0.114. The Labute approximate surface area is 84.3 Å². The molecule has 4 nitrogen and oxygen atoms in total. The summed E-state index contributed by atoms with van der Waals surface area (Å²) in [5.41, 5.74) is 1.71. The van der Waals surface area contributed by atoms with E-state index in [1.165, 1.54) is 6.92 Å². The molecule has 1 aromatic heterocycles. The van der Waals surface area contributed by atoms with Gasteiger partial charge in [0.2, 0.25) is 5.91 Å². The molecule has 1 aromatic rings. The molecule has 1 heterocycles. The summed E-state index contributed by atoms with van der Waals surface area (Å²) in [5.74, 6) is -0.0680. The van der Waals surface area contributed by atoms with Crippen LogP contribution in [0.1, 0.15) is 33.4 Å². The van der Waals surface area contributed by atoms with Crippen LogP contribution in [0.25, 0.3) is 0 Å². The maximum absolute atomic E-state index is 10.9. The molecule has 0 saturated heterocycles. The molecule has 0 aromatic carbocycles. The summed E-state index contributed by atoms with van der Waals surface area (Å²) >= 11 is 0. The number of nitrogens with one attached hydrogen (secondary N) is 1. The van der Waals surface area contributed by atoms with E-state index in [-0.39, 0.29) is 11.4 Å². The molecule has 1 amide bonds. The van der Waals surface area contributed by atoms with Crippen molar-refractivity contribution in [3.05, 3.63) is 11.9 Å². The monoisotopic (exact) mass is 195 g/mol. The van der Waals surface area contributed by atoms with Gasteiger partial charge in [0, 0.05) is 6.92 Å². The third kappa shape index (κ3) is 2.13. The van der Waals surface area contributed by atoms with Gasteiger partial charge in [-0.15, -0.1) is 0 Å². The molecule has 0 unspecified atom stereocenters. The fraction of sp³-hybridized carbons (Fsp3) is 0.600. The van der Waals surface area contributed by atoms with E-state index >= 15 is 0 Å². The van der Waals surface area contributed by atoms with Crippen molar-refractivity contribution in [3.63, 3.8) is 0 Å². The molecular formula is C10H17N3O. The smallest absolute Gasteiger partial charge is 0.221 e. The minimum absolute atomic E-state index is 0.0548. The molecule has 0 aliphatic carbocycles. The molecule has 0 fully saturated rings. The molecule has 0 bridgehead atoms. The lowest BCUT2D eigenvalue weighted by atomic mass is 10.1. The van der Waals surface area contributed by atoms with E-state index < -0.39 is 0 Å². The van der Waals surface area contributed by atoms with Crippen LogP contribution in [0.3, 0.4) is 0 Å². The first-order valence-electron chi connectivity index (χ1n) is 4.65. The summed E-state index contributed by atoms with van der Waals surface area (Å²) in [6.45, 7) is 9.66. The van der Waals surface area contributed by atoms with Gasteiger partial charge < -0.3 is 5.32 Å². The Balaban J connectivity index is 3.03. The Hall–Kier alpha value is -1.32. The van der Waals surface area contributed by atoms with Gasteiger partial charge in [0.15, 0.2) is 0 Å². The van der Waals surface area contributed by atoms with Crippen molar-refractivity contribution in [3.8, 4) is 0 Å². The van der Waals surface area contributed by atoms with Crippen LogP contribution in [0.5, 0.6) is 0 Å². The second kappa shape index (κ2) is 3.44. The minimum Gasteiger partial charge on any atom is -0.323 e. The minimum atomic E-state index is -0.0680. The lowest BCUT2D eigenvalue weighted by Crippen LogP contribution is -2.24. The van der Waals surface area contributed by atoms with E-state index in [0.717, 1.165) is 11.4 Å². The molecule has 78 valence electrons. The summed E-state index contributed by atoms with van der Waals surface area (Å²) in [6, 6.07) is 0. The SMILES string of the molecule is CC(=O)Nc1cnn(C(C)(C)C)c1C. The molecule has 1 N–H and O–H groups in total. The van der Waals surface area contributed by atoms with Crippen LogP contribution in [0.2, 0.25) is 0 Å². The summed E-state index contributed by atoms with van der Waals surface area (Å²) in [7, 11) is 0. The maximum atomic E-state index is 10.9. The van der Waals surface area contributed by atoms with Crippen molar-refractivity contribution in [1.29, 1.82) is 0 Å². The van der Waals surface area contributed by atoms with Crippen molar-refractivity contribution in [1.82, 2.24) is 9.78 Å². The van der Waals surface area contributed by atoms with Gasteiger partial charge in [-0.25, -0.2) is 0 Å². The van der Waals surface area contributed by atoms with Crippen LogP contribution >= 0.6 is 0 Å². The highest BCUT2D eigenvalue weighted by Crippen LogP contribution is 2.21. The fourth-order valence-electron chi connectivity index (χ4n) is 1.40. The Bertz CT molecular complexity index is 347. The van der Waals surface area contributed by atoms with Crippen molar-refractivity contribution in [2.75, 3.05) is 5.32 Å². The third-order valence-electron chi connectivity index (χ3n) is 1.96. The fourth-order valence-corrected chi connectivity index (χ4v) is 1.40. The molecule has 0 saturated carbocycles. The molecule has 0 aliphatic heterocycles. The first kappa shape index (κ1) is 10.8. The zero-order chi connectivity index (χ0) is 10.9. The maximum Gasteiger partial charge on any atom is 0.221 e. The Kier molecular flexibility index (Phi) is 2.64. The Morgan fingerprint density at radius 3 is 2.43 bits per heavy atom. The lowest BCUT2D eigenvalue weighted by Gasteiger charge is -2.21. The molecule has 4 heteroatoms. The largest absolute Gasteiger partial charge is 0.323 e. The molecule has 0 aliphatic rings. The molecule has 0 atom stereocenters.